The topological polar surface area (TPSA) is 49.4 Å². The van der Waals surface area contributed by atoms with E-state index in [1.54, 1.807) is 11.0 Å². The molecule has 1 aliphatic rings. The lowest BCUT2D eigenvalue weighted by molar-refractivity contribution is -0.124. The first-order chi connectivity index (χ1) is 11.6. The molecule has 24 heavy (non-hydrogen) atoms. The lowest BCUT2D eigenvalue weighted by Crippen LogP contribution is -2.39. The summed E-state index contributed by atoms with van der Waals surface area (Å²) in [5.74, 6) is -0.202. The second kappa shape index (κ2) is 7.49. The molecule has 1 heterocycles. The molecule has 1 N–H and O–H groups in total. The van der Waals surface area contributed by atoms with E-state index in [4.69, 9.17) is 11.6 Å². The Hall–Kier alpha value is -2.33. The molecule has 0 saturated carbocycles. The molecule has 124 valence electrons. The van der Waals surface area contributed by atoms with Gasteiger partial charge in [0.05, 0.1) is 6.54 Å². The van der Waals surface area contributed by atoms with E-state index in [-0.39, 0.29) is 18.4 Å². The van der Waals surface area contributed by atoms with E-state index >= 15 is 0 Å². The summed E-state index contributed by atoms with van der Waals surface area (Å²) in [4.78, 5) is 26.0. The van der Waals surface area contributed by atoms with Gasteiger partial charge in [0.1, 0.15) is 0 Å². The highest BCUT2D eigenvalue weighted by Crippen LogP contribution is 2.27. The zero-order valence-corrected chi connectivity index (χ0v) is 14.1. The zero-order valence-electron chi connectivity index (χ0n) is 13.3. The van der Waals surface area contributed by atoms with Crippen LogP contribution in [-0.4, -0.2) is 24.9 Å². The van der Waals surface area contributed by atoms with Crippen LogP contribution in [0.15, 0.2) is 48.5 Å². The first-order valence-electron chi connectivity index (χ1n) is 8.03. The van der Waals surface area contributed by atoms with E-state index in [0.717, 1.165) is 17.7 Å². The number of benzene rings is 2. The summed E-state index contributed by atoms with van der Waals surface area (Å²) < 4.78 is 0. The van der Waals surface area contributed by atoms with E-state index in [1.165, 1.54) is 5.56 Å². The average molecular weight is 343 g/mol. The fourth-order valence-corrected chi connectivity index (χ4v) is 3.12. The van der Waals surface area contributed by atoms with Gasteiger partial charge < -0.3 is 10.2 Å². The van der Waals surface area contributed by atoms with Gasteiger partial charge in [-0.05, 0) is 42.2 Å². The van der Waals surface area contributed by atoms with Crippen molar-refractivity contribution in [3.8, 4) is 0 Å². The molecule has 0 atom stereocenters. The smallest absolute Gasteiger partial charge is 0.246 e. The molecule has 0 aliphatic carbocycles. The van der Waals surface area contributed by atoms with Crippen LogP contribution in [0.1, 0.15) is 17.5 Å². The van der Waals surface area contributed by atoms with Crippen LogP contribution in [-0.2, 0) is 22.4 Å². The largest absolute Gasteiger partial charge is 0.347 e. The van der Waals surface area contributed by atoms with Gasteiger partial charge in [-0.1, -0.05) is 41.9 Å². The van der Waals surface area contributed by atoms with Crippen LogP contribution in [0, 0.1) is 0 Å². The molecular weight excluding hydrogens is 324 g/mol. The number of hydrogen-bond donors (Lipinski definition) is 1. The summed E-state index contributed by atoms with van der Waals surface area (Å²) in [5, 5.41) is 3.37. The van der Waals surface area contributed by atoms with Gasteiger partial charge in [-0.25, -0.2) is 0 Å². The number of hydrogen-bond acceptors (Lipinski definition) is 2. The number of aryl methyl sites for hydroxylation is 1. The molecule has 2 amide bonds. The van der Waals surface area contributed by atoms with Gasteiger partial charge in [0.2, 0.25) is 11.8 Å². The Morgan fingerprint density at radius 3 is 2.79 bits per heavy atom. The van der Waals surface area contributed by atoms with Crippen molar-refractivity contribution in [1.29, 1.82) is 0 Å². The number of nitrogens with zero attached hydrogens (tertiary/aromatic N) is 1. The van der Waals surface area contributed by atoms with Crippen molar-refractivity contribution in [1.82, 2.24) is 5.32 Å². The molecule has 0 spiro atoms. The monoisotopic (exact) mass is 342 g/mol. The number of fused-ring (bicyclic) bond motifs is 1. The van der Waals surface area contributed by atoms with Crippen LogP contribution >= 0.6 is 11.6 Å². The SMILES string of the molecule is O=C(CCc1cccc(Cl)c1)NCC(=O)N1CCc2ccccc21. The summed E-state index contributed by atoms with van der Waals surface area (Å²) in [6.45, 7) is 0.708. The first kappa shape index (κ1) is 16.5. The van der Waals surface area contributed by atoms with Gasteiger partial charge in [-0.15, -0.1) is 0 Å². The molecule has 0 unspecified atom stereocenters. The molecule has 0 aromatic heterocycles. The van der Waals surface area contributed by atoms with E-state index in [2.05, 4.69) is 5.32 Å². The highest BCUT2D eigenvalue weighted by Gasteiger charge is 2.23. The number of anilines is 1. The molecule has 5 heteroatoms. The Balaban J connectivity index is 1.47. The minimum Gasteiger partial charge on any atom is -0.347 e. The van der Waals surface area contributed by atoms with E-state index in [0.29, 0.717) is 24.4 Å². The van der Waals surface area contributed by atoms with E-state index in [1.807, 2.05) is 42.5 Å². The molecule has 1 aliphatic heterocycles. The van der Waals surface area contributed by atoms with Crippen LogP contribution in [0.5, 0.6) is 0 Å². The molecule has 3 rings (SSSR count). The number of carbonyl (C=O) groups is 2. The van der Waals surface area contributed by atoms with Gasteiger partial charge >= 0.3 is 0 Å². The zero-order chi connectivity index (χ0) is 16.9. The molecule has 0 radical (unpaired) electrons. The number of para-hydroxylation sites is 1. The fourth-order valence-electron chi connectivity index (χ4n) is 2.91. The third-order valence-electron chi connectivity index (χ3n) is 4.15. The van der Waals surface area contributed by atoms with Crippen molar-refractivity contribution < 1.29 is 9.59 Å². The van der Waals surface area contributed by atoms with Crippen LogP contribution in [0.2, 0.25) is 5.02 Å². The summed E-state index contributed by atoms with van der Waals surface area (Å²) in [5.41, 5.74) is 3.14. The first-order valence-corrected chi connectivity index (χ1v) is 8.41. The molecular formula is C19H19ClN2O2. The van der Waals surface area contributed by atoms with Crippen LogP contribution in [0.3, 0.4) is 0 Å². The molecule has 0 fully saturated rings. The minimum atomic E-state index is -0.129. The third kappa shape index (κ3) is 3.95. The van der Waals surface area contributed by atoms with Crippen molar-refractivity contribution in [3.63, 3.8) is 0 Å². The molecule has 0 bridgehead atoms. The average Bonchev–Trinajstić information content (AvgIpc) is 3.02. The summed E-state index contributed by atoms with van der Waals surface area (Å²) in [7, 11) is 0. The summed E-state index contributed by atoms with van der Waals surface area (Å²) >= 11 is 5.93. The summed E-state index contributed by atoms with van der Waals surface area (Å²) in [6.07, 6.45) is 1.81. The second-order valence-corrected chi connectivity index (χ2v) is 6.27. The standard InChI is InChI=1S/C19H19ClN2O2/c20-16-6-3-4-14(12-16)8-9-18(23)21-13-19(24)22-11-10-15-5-1-2-7-17(15)22/h1-7,12H,8-11,13H2,(H,21,23). The molecule has 4 nitrogen and oxygen atoms in total. The molecule has 2 aromatic carbocycles. The van der Waals surface area contributed by atoms with Crippen molar-refractivity contribution >= 4 is 29.1 Å². The maximum Gasteiger partial charge on any atom is 0.246 e. The minimum absolute atomic E-state index is 0.0305. The Morgan fingerprint density at radius 1 is 1.12 bits per heavy atom. The third-order valence-corrected chi connectivity index (χ3v) is 4.39. The normalized spacial score (nSPS) is 12.8. The molecule has 0 saturated heterocycles. The van der Waals surface area contributed by atoms with Gasteiger partial charge in [0, 0.05) is 23.7 Å². The van der Waals surface area contributed by atoms with E-state index < -0.39 is 0 Å². The van der Waals surface area contributed by atoms with Crippen LogP contribution in [0.25, 0.3) is 0 Å². The van der Waals surface area contributed by atoms with Crippen molar-refractivity contribution in [3.05, 3.63) is 64.7 Å². The Labute approximate surface area is 146 Å². The predicted molar refractivity (Wildman–Crippen MR) is 95.3 cm³/mol. The number of carbonyl (C=O) groups excluding carboxylic acids is 2. The van der Waals surface area contributed by atoms with Crippen LogP contribution < -0.4 is 10.2 Å². The Bertz CT molecular complexity index is 761. The lowest BCUT2D eigenvalue weighted by Gasteiger charge is -2.17. The number of nitrogens with one attached hydrogen (secondary N) is 1. The van der Waals surface area contributed by atoms with Crippen molar-refractivity contribution in [2.75, 3.05) is 18.0 Å². The van der Waals surface area contributed by atoms with E-state index in [9.17, 15) is 9.59 Å². The van der Waals surface area contributed by atoms with Gasteiger partial charge in [-0.2, -0.15) is 0 Å². The predicted octanol–water partition coefficient (Wildman–Crippen LogP) is 2.98. The number of amides is 2. The van der Waals surface area contributed by atoms with Crippen molar-refractivity contribution in [2.45, 2.75) is 19.3 Å². The van der Waals surface area contributed by atoms with Crippen LogP contribution in [0.4, 0.5) is 5.69 Å². The quantitative estimate of drug-likeness (QED) is 0.908. The maximum atomic E-state index is 12.3. The molecule has 2 aromatic rings. The maximum absolute atomic E-state index is 12.3. The second-order valence-electron chi connectivity index (χ2n) is 5.83. The Kier molecular flexibility index (Phi) is 5.16. The van der Waals surface area contributed by atoms with Gasteiger partial charge in [0.15, 0.2) is 0 Å². The summed E-state index contributed by atoms with van der Waals surface area (Å²) in [6, 6.07) is 15.3. The van der Waals surface area contributed by atoms with Gasteiger partial charge in [0.25, 0.3) is 0 Å². The highest BCUT2D eigenvalue weighted by atomic mass is 35.5. The fraction of sp³-hybridized carbons (Fsp3) is 0.263. The highest BCUT2D eigenvalue weighted by molar-refractivity contribution is 6.30. The number of rotatable bonds is 5. The number of halogens is 1. The van der Waals surface area contributed by atoms with Gasteiger partial charge in [-0.3, -0.25) is 9.59 Å². The Morgan fingerprint density at radius 2 is 1.96 bits per heavy atom. The van der Waals surface area contributed by atoms with Crippen molar-refractivity contribution in [2.24, 2.45) is 0 Å². The lowest BCUT2D eigenvalue weighted by atomic mass is 10.1.